The van der Waals surface area contributed by atoms with E-state index in [1.807, 2.05) is 0 Å². The van der Waals surface area contributed by atoms with Crippen LogP contribution in [0.5, 0.6) is 0 Å². The van der Waals surface area contributed by atoms with Crippen molar-refractivity contribution in [2.75, 3.05) is 19.0 Å². The van der Waals surface area contributed by atoms with Gasteiger partial charge in [0.05, 0.1) is 17.9 Å². The van der Waals surface area contributed by atoms with E-state index in [1.165, 1.54) is 16.4 Å². The summed E-state index contributed by atoms with van der Waals surface area (Å²) in [7, 11) is -1.92. The fourth-order valence-corrected chi connectivity index (χ4v) is 4.61. The molecule has 150 valence electrons. The van der Waals surface area contributed by atoms with Crippen LogP contribution in [0.15, 0.2) is 29.2 Å². The van der Waals surface area contributed by atoms with Crippen molar-refractivity contribution in [1.82, 2.24) is 4.31 Å². The van der Waals surface area contributed by atoms with Crippen molar-refractivity contribution < 1.29 is 22.7 Å². The highest BCUT2D eigenvalue weighted by Gasteiger charge is 2.28. The first-order valence-electron chi connectivity index (χ1n) is 9.38. The molecule has 0 aliphatic heterocycles. The van der Waals surface area contributed by atoms with Gasteiger partial charge in [-0.3, -0.25) is 9.59 Å². The number of hydrogen-bond donors (Lipinski definition) is 1. The summed E-state index contributed by atoms with van der Waals surface area (Å²) < 4.78 is 31.8. The summed E-state index contributed by atoms with van der Waals surface area (Å²) in [6.45, 7) is 1.99. The molecule has 0 bridgehead atoms. The third-order valence-electron chi connectivity index (χ3n) is 4.77. The maximum absolute atomic E-state index is 12.8. The van der Waals surface area contributed by atoms with E-state index in [2.05, 4.69) is 5.32 Å². The lowest BCUT2D eigenvalue weighted by atomic mass is 9.96. The van der Waals surface area contributed by atoms with Gasteiger partial charge in [0, 0.05) is 25.2 Å². The zero-order chi connectivity index (χ0) is 19.9. The summed E-state index contributed by atoms with van der Waals surface area (Å²) in [5.74, 6) is -0.738. The number of carbonyl (C=O) groups excluding carboxylic acids is 2. The van der Waals surface area contributed by atoms with Crippen molar-refractivity contribution in [2.45, 2.75) is 62.8 Å². The lowest BCUT2D eigenvalue weighted by molar-refractivity contribution is -0.144. The number of nitrogens with zero attached hydrogens (tertiary/aromatic N) is 1. The second-order valence-electron chi connectivity index (χ2n) is 6.69. The van der Waals surface area contributed by atoms with Gasteiger partial charge in [0.2, 0.25) is 15.9 Å². The third kappa shape index (κ3) is 6.04. The number of benzene rings is 1. The molecule has 1 amide bonds. The average molecular weight is 397 g/mol. The van der Waals surface area contributed by atoms with Crippen molar-refractivity contribution >= 4 is 27.6 Å². The van der Waals surface area contributed by atoms with E-state index < -0.39 is 16.0 Å². The maximum atomic E-state index is 12.8. The quantitative estimate of drug-likeness (QED) is 0.682. The molecule has 0 spiro atoms. The topological polar surface area (TPSA) is 92.8 Å². The molecule has 0 unspecified atom stereocenters. The summed E-state index contributed by atoms with van der Waals surface area (Å²) in [6, 6.07) is 6.16. The van der Waals surface area contributed by atoms with Crippen LogP contribution >= 0.6 is 0 Å². The van der Waals surface area contributed by atoms with E-state index in [-0.39, 0.29) is 36.3 Å². The van der Waals surface area contributed by atoms with Crippen LogP contribution in [-0.2, 0) is 24.3 Å². The Kier molecular flexibility index (Phi) is 7.79. The second kappa shape index (κ2) is 9.85. The molecule has 0 atom stereocenters. The zero-order valence-corrected chi connectivity index (χ0v) is 16.8. The zero-order valence-electron chi connectivity index (χ0n) is 15.9. The lowest BCUT2D eigenvalue weighted by Crippen LogP contribution is -2.38. The maximum Gasteiger partial charge on any atom is 0.306 e. The number of carbonyl (C=O) groups is 2. The number of hydrogen-bond acceptors (Lipinski definition) is 5. The molecule has 1 aliphatic carbocycles. The molecule has 0 radical (unpaired) electrons. The highest BCUT2D eigenvalue weighted by atomic mass is 32.2. The smallest absolute Gasteiger partial charge is 0.306 e. The van der Waals surface area contributed by atoms with Crippen LogP contribution in [0.4, 0.5) is 5.69 Å². The van der Waals surface area contributed by atoms with Gasteiger partial charge in [-0.1, -0.05) is 19.3 Å². The number of nitrogens with one attached hydrogen (secondary N) is 1. The summed E-state index contributed by atoms with van der Waals surface area (Å²) in [5, 5.41) is 2.66. The molecule has 2 rings (SSSR count). The number of amides is 1. The first-order chi connectivity index (χ1) is 12.8. The Hall–Kier alpha value is -1.93. The number of sulfonamides is 1. The van der Waals surface area contributed by atoms with Gasteiger partial charge in [0.25, 0.3) is 0 Å². The summed E-state index contributed by atoms with van der Waals surface area (Å²) in [6.07, 6.45) is 5.09. The SMILES string of the molecule is CCOC(=O)CCC(=O)Nc1ccc(S(=O)(=O)N(C)C2CCCCC2)cc1. The molecule has 1 aliphatic rings. The van der Waals surface area contributed by atoms with Gasteiger partial charge in [-0.05, 0) is 44.0 Å². The standard InChI is InChI=1S/C19H28N2O5S/c1-3-26-19(23)14-13-18(22)20-15-9-11-17(12-10-15)27(24,25)21(2)16-7-5-4-6-8-16/h9-12,16H,3-8,13-14H2,1-2H3,(H,20,22). The molecule has 1 aromatic carbocycles. The largest absolute Gasteiger partial charge is 0.466 e. The molecule has 1 aromatic rings. The Labute approximate surface area is 161 Å². The van der Waals surface area contributed by atoms with Crippen molar-refractivity contribution in [3.05, 3.63) is 24.3 Å². The van der Waals surface area contributed by atoms with Crippen LogP contribution < -0.4 is 5.32 Å². The second-order valence-corrected chi connectivity index (χ2v) is 8.69. The highest BCUT2D eigenvalue weighted by molar-refractivity contribution is 7.89. The Bertz CT molecular complexity index is 740. The summed E-state index contributed by atoms with van der Waals surface area (Å²) in [4.78, 5) is 23.4. The fraction of sp³-hybridized carbons (Fsp3) is 0.579. The van der Waals surface area contributed by atoms with E-state index in [0.717, 1.165) is 32.1 Å². The minimum atomic E-state index is -3.55. The van der Waals surface area contributed by atoms with Crippen molar-refractivity contribution in [2.24, 2.45) is 0 Å². The Balaban J connectivity index is 1.95. The van der Waals surface area contributed by atoms with Crippen LogP contribution in [-0.4, -0.2) is 44.3 Å². The van der Waals surface area contributed by atoms with Crippen molar-refractivity contribution in [1.29, 1.82) is 0 Å². The van der Waals surface area contributed by atoms with Gasteiger partial charge < -0.3 is 10.1 Å². The van der Waals surface area contributed by atoms with E-state index in [9.17, 15) is 18.0 Å². The van der Waals surface area contributed by atoms with Crippen LogP contribution in [0.1, 0.15) is 51.9 Å². The predicted octanol–water partition coefficient (Wildman–Crippen LogP) is 2.92. The monoisotopic (exact) mass is 396 g/mol. The molecule has 0 saturated heterocycles. The number of anilines is 1. The molecule has 1 fully saturated rings. The predicted molar refractivity (Wildman–Crippen MR) is 103 cm³/mol. The van der Waals surface area contributed by atoms with Gasteiger partial charge in [-0.15, -0.1) is 0 Å². The van der Waals surface area contributed by atoms with Crippen LogP contribution in [0.3, 0.4) is 0 Å². The van der Waals surface area contributed by atoms with Gasteiger partial charge in [0.15, 0.2) is 0 Å². The van der Waals surface area contributed by atoms with E-state index in [1.54, 1.807) is 26.1 Å². The first-order valence-corrected chi connectivity index (χ1v) is 10.8. The molecule has 1 saturated carbocycles. The van der Waals surface area contributed by atoms with E-state index >= 15 is 0 Å². The molecule has 1 N–H and O–H groups in total. The lowest BCUT2D eigenvalue weighted by Gasteiger charge is -2.30. The molecule has 8 heteroatoms. The van der Waals surface area contributed by atoms with Crippen LogP contribution in [0.2, 0.25) is 0 Å². The Morgan fingerprint density at radius 2 is 1.74 bits per heavy atom. The summed E-state index contributed by atoms with van der Waals surface area (Å²) >= 11 is 0. The minimum absolute atomic E-state index is 0.0122. The number of esters is 1. The molecular formula is C19H28N2O5S. The Morgan fingerprint density at radius 1 is 1.11 bits per heavy atom. The van der Waals surface area contributed by atoms with Crippen LogP contribution in [0, 0.1) is 0 Å². The summed E-state index contributed by atoms with van der Waals surface area (Å²) in [5.41, 5.74) is 0.489. The number of ether oxygens (including phenoxy) is 1. The molecular weight excluding hydrogens is 368 g/mol. The number of rotatable bonds is 8. The van der Waals surface area contributed by atoms with Gasteiger partial charge in [0.1, 0.15) is 0 Å². The molecule has 0 aromatic heterocycles. The Morgan fingerprint density at radius 3 is 2.33 bits per heavy atom. The first kappa shape index (κ1) is 21.4. The minimum Gasteiger partial charge on any atom is -0.466 e. The molecule has 7 nitrogen and oxygen atoms in total. The van der Waals surface area contributed by atoms with E-state index in [4.69, 9.17) is 4.74 Å². The van der Waals surface area contributed by atoms with Crippen molar-refractivity contribution in [3.8, 4) is 0 Å². The van der Waals surface area contributed by atoms with Gasteiger partial charge in [-0.2, -0.15) is 4.31 Å². The fourth-order valence-electron chi connectivity index (χ4n) is 3.19. The highest BCUT2D eigenvalue weighted by Crippen LogP contribution is 2.27. The average Bonchev–Trinajstić information content (AvgIpc) is 2.67. The normalized spacial score (nSPS) is 15.5. The van der Waals surface area contributed by atoms with Gasteiger partial charge >= 0.3 is 5.97 Å². The van der Waals surface area contributed by atoms with E-state index in [0.29, 0.717) is 5.69 Å². The molecule has 27 heavy (non-hydrogen) atoms. The van der Waals surface area contributed by atoms with Crippen LogP contribution in [0.25, 0.3) is 0 Å². The molecule has 0 heterocycles. The van der Waals surface area contributed by atoms with Gasteiger partial charge in [-0.25, -0.2) is 8.42 Å². The van der Waals surface area contributed by atoms with Crippen molar-refractivity contribution in [3.63, 3.8) is 0 Å². The third-order valence-corrected chi connectivity index (χ3v) is 6.69.